The van der Waals surface area contributed by atoms with Crippen LogP contribution in [0, 0.1) is 0 Å². The number of rotatable bonds is 1. The molecule has 7 heavy (non-hydrogen) atoms. The van der Waals surface area contributed by atoms with Gasteiger partial charge in [0.15, 0.2) is 0 Å². The highest BCUT2D eigenvalue weighted by Gasteiger charge is 1.76. The van der Waals surface area contributed by atoms with E-state index < -0.39 is 5.91 Å². The van der Waals surface area contributed by atoms with E-state index in [9.17, 15) is 4.79 Å². The Kier molecular flexibility index (Phi) is 11.7. The topological polar surface area (TPSA) is 77.2 Å². The molecule has 0 aromatic heterocycles. The molecule has 0 fully saturated rings. The molecule has 0 atom stereocenters. The molecule has 1 amide bonds. The molecular formula is C3H5NO3. The SMILES string of the molecule is C=O.NC(=O)C=O. The molecule has 40 valence electrons. The Labute approximate surface area is 40.3 Å². The lowest BCUT2D eigenvalue weighted by Gasteiger charge is -1.60. The van der Waals surface area contributed by atoms with Gasteiger partial charge in [-0.25, -0.2) is 0 Å². The molecule has 0 aromatic carbocycles. The largest absolute Gasteiger partial charge is 0.363 e. The fourth-order valence-corrected chi connectivity index (χ4v) is 0. The van der Waals surface area contributed by atoms with Crippen LogP contribution in [0.5, 0.6) is 0 Å². The molecule has 0 spiro atoms. The normalized spacial score (nSPS) is 5.14. The second-order valence-electron chi connectivity index (χ2n) is 0.520. The highest BCUT2D eigenvalue weighted by Crippen LogP contribution is 1.30. The summed E-state index contributed by atoms with van der Waals surface area (Å²) in [5, 5.41) is 0. The number of amides is 1. The zero-order chi connectivity index (χ0) is 6.28. The molecule has 0 heterocycles. The lowest BCUT2D eigenvalue weighted by Crippen LogP contribution is -2.10. The summed E-state index contributed by atoms with van der Waals surface area (Å²) >= 11 is 0. The van der Waals surface area contributed by atoms with E-state index >= 15 is 0 Å². The number of primary amides is 1. The highest BCUT2D eigenvalue weighted by molar-refractivity contribution is 6.22. The Morgan fingerprint density at radius 3 is 1.71 bits per heavy atom. The van der Waals surface area contributed by atoms with E-state index in [2.05, 4.69) is 5.73 Å². The van der Waals surface area contributed by atoms with Crippen LogP contribution < -0.4 is 5.73 Å². The summed E-state index contributed by atoms with van der Waals surface area (Å²) in [6.45, 7) is 2.00. The maximum Gasteiger partial charge on any atom is 0.281 e. The number of hydrogen-bond acceptors (Lipinski definition) is 3. The molecule has 0 unspecified atom stereocenters. The van der Waals surface area contributed by atoms with E-state index in [1.54, 1.807) is 0 Å². The van der Waals surface area contributed by atoms with Gasteiger partial charge in [-0.2, -0.15) is 0 Å². The van der Waals surface area contributed by atoms with Gasteiger partial charge in [0.05, 0.1) is 0 Å². The lowest BCUT2D eigenvalue weighted by atomic mass is 10.8. The van der Waals surface area contributed by atoms with E-state index in [4.69, 9.17) is 9.59 Å². The van der Waals surface area contributed by atoms with E-state index in [0.29, 0.717) is 0 Å². The van der Waals surface area contributed by atoms with Crippen LogP contribution in [0.25, 0.3) is 0 Å². The van der Waals surface area contributed by atoms with E-state index in [1.165, 1.54) is 0 Å². The summed E-state index contributed by atoms with van der Waals surface area (Å²) in [6.07, 6.45) is 0.0556. The molecule has 0 saturated heterocycles. The van der Waals surface area contributed by atoms with Gasteiger partial charge in [0, 0.05) is 0 Å². The third-order valence-corrected chi connectivity index (χ3v) is 0.116. The van der Waals surface area contributed by atoms with E-state index in [1.807, 2.05) is 6.79 Å². The summed E-state index contributed by atoms with van der Waals surface area (Å²) in [7, 11) is 0. The standard InChI is InChI=1S/C2H3NO2.CH2O/c3-2(5)1-4;1-2/h1H,(H2,3,5);1H2. The zero-order valence-corrected chi connectivity index (χ0v) is 3.59. The van der Waals surface area contributed by atoms with Crippen molar-refractivity contribution in [2.75, 3.05) is 0 Å². The summed E-state index contributed by atoms with van der Waals surface area (Å²) < 4.78 is 0. The predicted octanol–water partition coefficient (Wildman–Crippen LogP) is -1.51. The molecule has 0 aliphatic heterocycles. The molecule has 0 bridgehead atoms. The fourth-order valence-electron chi connectivity index (χ4n) is 0. The summed E-state index contributed by atoms with van der Waals surface area (Å²) in [5.41, 5.74) is 4.28. The summed E-state index contributed by atoms with van der Waals surface area (Å²) in [4.78, 5) is 26.3. The van der Waals surface area contributed by atoms with Gasteiger partial charge in [-0.1, -0.05) is 0 Å². The lowest BCUT2D eigenvalue weighted by molar-refractivity contribution is -0.129. The average Bonchev–Trinajstić information content (AvgIpc) is 1.73. The maximum absolute atomic E-state index is 9.22. The van der Waals surface area contributed by atoms with Crippen LogP contribution in [0.4, 0.5) is 0 Å². The van der Waals surface area contributed by atoms with Gasteiger partial charge in [-0.15, -0.1) is 0 Å². The second-order valence-corrected chi connectivity index (χ2v) is 0.520. The van der Waals surface area contributed by atoms with Crippen LogP contribution in [-0.4, -0.2) is 19.0 Å². The van der Waals surface area contributed by atoms with E-state index in [-0.39, 0.29) is 6.29 Å². The van der Waals surface area contributed by atoms with Crippen molar-refractivity contribution in [2.24, 2.45) is 5.73 Å². The van der Waals surface area contributed by atoms with Gasteiger partial charge in [0.25, 0.3) is 5.91 Å². The molecule has 0 radical (unpaired) electrons. The van der Waals surface area contributed by atoms with Crippen molar-refractivity contribution in [1.82, 2.24) is 0 Å². The van der Waals surface area contributed by atoms with Gasteiger partial charge in [0.2, 0.25) is 6.29 Å². The Bertz CT molecular complexity index is 70.6. The monoisotopic (exact) mass is 103 g/mol. The van der Waals surface area contributed by atoms with Crippen LogP contribution in [0.3, 0.4) is 0 Å². The quantitative estimate of drug-likeness (QED) is 0.323. The molecule has 0 rings (SSSR count). The Hall–Kier alpha value is -1.19. The Morgan fingerprint density at radius 2 is 1.71 bits per heavy atom. The molecule has 4 heteroatoms. The van der Waals surface area contributed by atoms with Crippen molar-refractivity contribution in [3.05, 3.63) is 0 Å². The van der Waals surface area contributed by atoms with Crippen molar-refractivity contribution in [3.63, 3.8) is 0 Å². The molecule has 0 aliphatic carbocycles. The molecule has 0 aromatic rings. The maximum atomic E-state index is 9.22. The van der Waals surface area contributed by atoms with Crippen molar-refractivity contribution < 1.29 is 14.4 Å². The van der Waals surface area contributed by atoms with Crippen molar-refractivity contribution >= 4 is 19.0 Å². The molecule has 0 aliphatic rings. The smallest absolute Gasteiger partial charge is 0.281 e. The third-order valence-electron chi connectivity index (χ3n) is 0.116. The molecule has 4 nitrogen and oxygen atoms in total. The number of hydrogen-bond donors (Lipinski definition) is 1. The first-order valence-electron chi connectivity index (χ1n) is 1.31. The Balaban J connectivity index is 0. The average molecular weight is 103 g/mol. The van der Waals surface area contributed by atoms with Gasteiger partial charge >= 0.3 is 0 Å². The van der Waals surface area contributed by atoms with Crippen molar-refractivity contribution in [3.8, 4) is 0 Å². The van der Waals surface area contributed by atoms with Gasteiger partial charge in [-0.3, -0.25) is 9.59 Å². The van der Waals surface area contributed by atoms with Gasteiger partial charge in [-0.05, 0) is 0 Å². The van der Waals surface area contributed by atoms with Crippen LogP contribution in [0.2, 0.25) is 0 Å². The van der Waals surface area contributed by atoms with Crippen LogP contribution in [0.15, 0.2) is 0 Å². The number of carbonyl (C=O) groups is 3. The number of carbonyl (C=O) groups excluding carboxylic acids is 3. The second kappa shape index (κ2) is 8.84. The fraction of sp³-hybridized carbons (Fsp3) is 0. The van der Waals surface area contributed by atoms with Crippen LogP contribution in [-0.2, 0) is 14.4 Å². The Morgan fingerprint density at radius 1 is 1.57 bits per heavy atom. The van der Waals surface area contributed by atoms with Crippen LogP contribution in [0.1, 0.15) is 0 Å². The highest BCUT2D eigenvalue weighted by atomic mass is 16.2. The first-order valence-corrected chi connectivity index (χ1v) is 1.31. The van der Waals surface area contributed by atoms with Crippen LogP contribution >= 0.6 is 0 Å². The minimum Gasteiger partial charge on any atom is -0.363 e. The molecule has 0 saturated carbocycles. The van der Waals surface area contributed by atoms with E-state index in [0.717, 1.165) is 0 Å². The predicted molar refractivity (Wildman–Crippen MR) is 22.4 cm³/mol. The van der Waals surface area contributed by atoms with Crippen molar-refractivity contribution in [1.29, 1.82) is 0 Å². The molecule has 2 N–H and O–H groups in total. The van der Waals surface area contributed by atoms with Gasteiger partial charge < -0.3 is 10.5 Å². The third kappa shape index (κ3) is 57.9. The minimum absolute atomic E-state index is 0.0556. The number of aldehydes is 1. The minimum atomic E-state index is -0.926. The zero-order valence-electron chi connectivity index (χ0n) is 3.59. The number of nitrogens with two attached hydrogens (primary N) is 1. The van der Waals surface area contributed by atoms with Gasteiger partial charge in [0.1, 0.15) is 6.79 Å². The summed E-state index contributed by atoms with van der Waals surface area (Å²) in [5.74, 6) is -0.926. The summed E-state index contributed by atoms with van der Waals surface area (Å²) in [6, 6.07) is 0. The molecular weight excluding hydrogens is 98.0 g/mol. The van der Waals surface area contributed by atoms with Crippen molar-refractivity contribution in [2.45, 2.75) is 0 Å². The first kappa shape index (κ1) is 9.26. The first-order chi connectivity index (χ1) is 3.27.